The van der Waals surface area contributed by atoms with E-state index in [1.165, 1.54) is 0 Å². The minimum Gasteiger partial charge on any atom is -0.344 e. The van der Waals surface area contributed by atoms with E-state index in [9.17, 15) is 13.2 Å². The number of hydrogen-bond acceptors (Lipinski definition) is 6. The summed E-state index contributed by atoms with van der Waals surface area (Å²) in [4.78, 5) is 11.2. The molecule has 0 saturated heterocycles. The summed E-state index contributed by atoms with van der Waals surface area (Å²) in [7, 11) is 0. The average Bonchev–Trinajstić information content (AvgIpc) is 2.82. The molecule has 1 N–H and O–H groups in total. The lowest BCUT2D eigenvalue weighted by atomic mass is 10.2. The first-order valence-electron chi connectivity index (χ1n) is 5.87. The van der Waals surface area contributed by atoms with Gasteiger partial charge in [-0.1, -0.05) is 12.1 Å². The third-order valence-electron chi connectivity index (χ3n) is 2.51. The van der Waals surface area contributed by atoms with Crippen molar-refractivity contribution in [2.24, 2.45) is 0 Å². The zero-order valence-corrected chi connectivity index (χ0v) is 10.8. The summed E-state index contributed by atoms with van der Waals surface area (Å²) < 4.78 is 42.5. The highest BCUT2D eigenvalue weighted by atomic mass is 19.4. The van der Waals surface area contributed by atoms with E-state index in [1.807, 2.05) is 6.92 Å². The van der Waals surface area contributed by atoms with Crippen LogP contribution >= 0.6 is 0 Å². The summed E-state index contributed by atoms with van der Waals surface area (Å²) in [5.41, 5.74) is -1.01. The van der Waals surface area contributed by atoms with Gasteiger partial charge in [-0.05, 0) is 12.5 Å². The molecule has 0 aliphatic carbocycles. The predicted octanol–water partition coefficient (Wildman–Crippen LogP) is 2.75. The van der Waals surface area contributed by atoms with Crippen molar-refractivity contribution in [1.82, 2.24) is 20.1 Å². The number of aryl methyl sites for hydroxylation is 1. The van der Waals surface area contributed by atoms with Crippen molar-refractivity contribution in [1.29, 1.82) is 0 Å². The van der Waals surface area contributed by atoms with Gasteiger partial charge in [-0.25, -0.2) is 9.97 Å². The zero-order chi connectivity index (χ0) is 14.8. The van der Waals surface area contributed by atoms with Crippen molar-refractivity contribution in [3.05, 3.63) is 29.7 Å². The molecule has 0 radical (unpaired) electrons. The molecule has 0 bridgehead atoms. The Morgan fingerprint density at radius 3 is 2.65 bits per heavy atom. The summed E-state index contributed by atoms with van der Waals surface area (Å²) >= 11 is 0. The molecule has 0 aromatic carbocycles. The van der Waals surface area contributed by atoms with Crippen LogP contribution in [0.2, 0.25) is 0 Å². The maximum atomic E-state index is 12.6. The van der Waals surface area contributed by atoms with E-state index in [1.54, 1.807) is 6.92 Å². The molecule has 2 heterocycles. The second-order valence-corrected chi connectivity index (χ2v) is 4.04. The van der Waals surface area contributed by atoms with E-state index in [0.29, 0.717) is 18.1 Å². The molecule has 9 heteroatoms. The number of hydrogen-bond donors (Lipinski definition) is 1. The highest BCUT2D eigenvalue weighted by molar-refractivity contribution is 5.29. The number of rotatable bonds is 4. The number of anilines is 1. The Morgan fingerprint density at radius 1 is 1.35 bits per heavy atom. The fourth-order valence-corrected chi connectivity index (χ4v) is 1.55. The number of nitrogens with one attached hydrogen (secondary N) is 1. The topological polar surface area (TPSA) is 76.7 Å². The Balaban J connectivity index is 2.20. The van der Waals surface area contributed by atoms with E-state index in [-0.39, 0.29) is 5.95 Å². The molecule has 0 spiro atoms. The van der Waals surface area contributed by atoms with E-state index in [0.717, 1.165) is 12.3 Å². The van der Waals surface area contributed by atoms with Crippen LogP contribution < -0.4 is 5.32 Å². The first-order valence-corrected chi connectivity index (χ1v) is 5.87. The normalized spacial score (nSPS) is 13.2. The lowest BCUT2D eigenvalue weighted by Crippen LogP contribution is -2.16. The average molecular weight is 287 g/mol. The molecule has 1 atom stereocenters. The maximum absolute atomic E-state index is 12.6. The van der Waals surface area contributed by atoms with Crippen LogP contribution in [0.1, 0.15) is 36.8 Å². The molecule has 0 aliphatic rings. The summed E-state index contributed by atoms with van der Waals surface area (Å²) in [6.45, 7) is 3.46. The van der Waals surface area contributed by atoms with E-state index < -0.39 is 17.9 Å². The summed E-state index contributed by atoms with van der Waals surface area (Å²) in [6, 6.07) is 0.390. The lowest BCUT2D eigenvalue weighted by molar-refractivity contribution is -0.141. The first kappa shape index (κ1) is 14.2. The second kappa shape index (κ2) is 5.43. The minimum absolute atomic E-state index is 0.130. The molecule has 2 rings (SSSR count). The fourth-order valence-electron chi connectivity index (χ4n) is 1.55. The Bertz CT molecular complexity index is 583. The molecular formula is C11H12F3N5O. The van der Waals surface area contributed by atoms with Crippen molar-refractivity contribution in [3.63, 3.8) is 0 Å². The Kier molecular flexibility index (Phi) is 3.86. The van der Waals surface area contributed by atoms with Gasteiger partial charge in [0, 0.05) is 13.1 Å². The molecule has 1 unspecified atom stereocenters. The summed E-state index contributed by atoms with van der Waals surface area (Å²) in [5, 5.41) is 6.49. The molecule has 6 nitrogen and oxygen atoms in total. The van der Waals surface area contributed by atoms with Gasteiger partial charge < -0.3 is 9.84 Å². The van der Waals surface area contributed by atoms with Crippen molar-refractivity contribution in [3.8, 4) is 0 Å². The summed E-state index contributed by atoms with van der Waals surface area (Å²) in [6.07, 6.45) is -2.92. The van der Waals surface area contributed by atoms with Crippen LogP contribution in [-0.2, 0) is 6.18 Å². The third kappa shape index (κ3) is 3.22. The Morgan fingerprint density at radius 2 is 2.10 bits per heavy atom. The molecule has 0 aliphatic heterocycles. The molecular weight excluding hydrogens is 275 g/mol. The molecule has 0 saturated carbocycles. The lowest BCUT2D eigenvalue weighted by Gasteiger charge is -2.14. The highest BCUT2D eigenvalue weighted by Crippen LogP contribution is 2.28. The van der Waals surface area contributed by atoms with Crippen LogP contribution in [-0.4, -0.2) is 20.1 Å². The van der Waals surface area contributed by atoms with Gasteiger partial charge >= 0.3 is 6.18 Å². The van der Waals surface area contributed by atoms with Gasteiger partial charge in [0.1, 0.15) is 5.69 Å². The number of nitrogens with zero attached hydrogens (tertiary/aromatic N) is 4. The fraction of sp³-hybridized carbons (Fsp3) is 0.455. The van der Waals surface area contributed by atoms with Gasteiger partial charge in [-0.3, -0.25) is 0 Å². The van der Waals surface area contributed by atoms with Crippen molar-refractivity contribution in [2.75, 3.05) is 5.32 Å². The summed E-state index contributed by atoms with van der Waals surface area (Å²) in [5.74, 6) is 0.602. The van der Waals surface area contributed by atoms with Gasteiger partial charge in [0.15, 0.2) is 5.82 Å². The van der Waals surface area contributed by atoms with Crippen LogP contribution in [0.4, 0.5) is 19.1 Å². The van der Waals surface area contributed by atoms with Gasteiger partial charge in [0.25, 0.3) is 0 Å². The number of aromatic nitrogens is 4. The molecule has 0 amide bonds. The van der Waals surface area contributed by atoms with Crippen LogP contribution in [0.5, 0.6) is 0 Å². The molecule has 2 aromatic rings. The molecule has 20 heavy (non-hydrogen) atoms. The largest absolute Gasteiger partial charge is 0.433 e. The van der Waals surface area contributed by atoms with Crippen molar-refractivity contribution in [2.45, 2.75) is 32.5 Å². The van der Waals surface area contributed by atoms with Crippen molar-refractivity contribution < 1.29 is 17.7 Å². The molecule has 0 fully saturated rings. The zero-order valence-electron chi connectivity index (χ0n) is 10.8. The van der Waals surface area contributed by atoms with Gasteiger partial charge in [0.2, 0.25) is 11.8 Å². The quantitative estimate of drug-likeness (QED) is 0.931. The minimum atomic E-state index is -4.51. The molecule has 108 valence electrons. The van der Waals surface area contributed by atoms with Gasteiger partial charge in [-0.15, -0.1) is 0 Å². The third-order valence-corrected chi connectivity index (χ3v) is 2.51. The van der Waals surface area contributed by atoms with Crippen LogP contribution in [0.25, 0.3) is 0 Å². The predicted molar refractivity (Wildman–Crippen MR) is 62.7 cm³/mol. The Hall–Kier alpha value is -2.19. The van der Waals surface area contributed by atoms with Crippen LogP contribution in [0, 0.1) is 6.92 Å². The second-order valence-electron chi connectivity index (χ2n) is 4.04. The molecule has 2 aromatic heterocycles. The standard InChI is InChI=1S/C11H12F3N5O/c1-3-7(9-16-6(2)20-19-9)17-10-15-5-4-8(18-10)11(12,13)14/h4-5,7H,3H2,1-2H3,(H,15,17,18). The number of halogens is 3. The highest BCUT2D eigenvalue weighted by Gasteiger charge is 2.33. The first-order chi connectivity index (χ1) is 9.40. The smallest absolute Gasteiger partial charge is 0.344 e. The van der Waals surface area contributed by atoms with E-state index >= 15 is 0 Å². The SMILES string of the molecule is CCC(Nc1nccc(C(F)(F)F)n1)c1noc(C)n1. The van der Waals surface area contributed by atoms with E-state index in [4.69, 9.17) is 4.52 Å². The van der Waals surface area contributed by atoms with Crippen molar-refractivity contribution >= 4 is 5.95 Å². The van der Waals surface area contributed by atoms with Crippen LogP contribution in [0.15, 0.2) is 16.8 Å². The van der Waals surface area contributed by atoms with Gasteiger partial charge in [-0.2, -0.15) is 18.2 Å². The van der Waals surface area contributed by atoms with E-state index in [2.05, 4.69) is 25.4 Å². The number of alkyl halides is 3. The maximum Gasteiger partial charge on any atom is 0.433 e. The van der Waals surface area contributed by atoms with Gasteiger partial charge in [0.05, 0.1) is 6.04 Å². The monoisotopic (exact) mass is 287 g/mol. The Labute approximate surface area is 112 Å². The van der Waals surface area contributed by atoms with Crippen LogP contribution in [0.3, 0.4) is 0 Å².